The average molecular weight is 322 g/mol. The minimum Gasteiger partial charge on any atom is -0.207 e. The maximum atomic E-state index is 14.6. The summed E-state index contributed by atoms with van der Waals surface area (Å²) in [6.07, 6.45) is 9.06. The van der Waals surface area contributed by atoms with Crippen LogP contribution in [-0.2, 0) is 25.7 Å². The number of hydrogen-bond acceptors (Lipinski definition) is 0. The van der Waals surface area contributed by atoms with E-state index >= 15 is 0 Å². The predicted molar refractivity (Wildman–Crippen MR) is 100 cm³/mol. The van der Waals surface area contributed by atoms with Crippen molar-refractivity contribution in [1.29, 1.82) is 0 Å². The Balaban J connectivity index is 1.76. The Kier molecular flexibility index (Phi) is 5.50. The van der Waals surface area contributed by atoms with Crippen LogP contribution in [0.5, 0.6) is 0 Å². The summed E-state index contributed by atoms with van der Waals surface area (Å²) in [5, 5.41) is 0. The lowest BCUT2D eigenvalue weighted by molar-refractivity contribution is 0.532. The molecule has 24 heavy (non-hydrogen) atoms. The van der Waals surface area contributed by atoms with Gasteiger partial charge in [-0.05, 0) is 78.3 Å². The van der Waals surface area contributed by atoms with Gasteiger partial charge in [0.2, 0.25) is 0 Å². The fraction of sp³-hybridized carbons (Fsp3) is 0.391. The fourth-order valence-corrected chi connectivity index (χ4v) is 3.84. The summed E-state index contributed by atoms with van der Waals surface area (Å²) >= 11 is 0. The normalized spacial score (nSPS) is 16.7. The zero-order valence-corrected chi connectivity index (χ0v) is 14.7. The first kappa shape index (κ1) is 17.0. The quantitative estimate of drug-likeness (QED) is 0.558. The Morgan fingerprint density at radius 1 is 1.08 bits per heavy atom. The molecule has 0 saturated heterocycles. The first-order chi connectivity index (χ1) is 11.7. The van der Waals surface area contributed by atoms with E-state index in [2.05, 4.69) is 37.8 Å². The minimum atomic E-state index is -0.0346. The Morgan fingerprint density at radius 3 is 2.62 bits per heavy atom. The predicted octanol–water partition coefficient (Wildman–Crippen LogP) is 6.17. The Labute approximate surface area is 145 Å². The van der Waals surface area contributed by atoms with Crippen LogP contribution in [0.25, 0.3) is 0 Å². The molecule has 0 aromatic heterocycles. The summed E-state index contributed by atoms with van der Waals surface area (Å²) in [4.78, 5) is 0. The molecular formula is C23H27F. The highest BCUT2D eigenvalue weighted by Gasteiger charge is 2.22. The molecule has 3 rings (SSSR count). The van der Waals surface area contributed by atoms with E-state index in [1.807, 2.05) is 12.1 Å². The first-order valence-corrected chi connectivity index (χ1v) is 9.21. The van der Waals surface area contributed by atoms with Crippen molar-refractivity contribution in [1.82, 2.24) is 0 Å². The monoisotopic (exact) mass is 322 g/mol. The third-order valence-electron chi connectivity index (χ3n) is 5.18. The van der Waals surface area contributed by atoms with Gasteiger partial charge in [0.25, 0.3) is 0 Å². The molecule has 0 bridgehead atoms. The standard InChI is InChI=1S/C23H27F/c1-3-5-7-18-9-13-22(23(24)15-18)21-12-11-19-14-17(6-4-2)8-10-20(19)16-21/h3,8-10,13-15,21H,1,4-7,11-12,16H2,2H3. The van der Waals surface area contributed by atoms with Gasteiger partial charge in [0.05, 0.1) is 0 Å². The molecule has 0 amide bonds. The summed E-state index contributed by atoms with van der Waals surface area (Å²) in [6.45, 7) is 5.95. The molecule has 0 radical (unpaired) electrons. The summed E-state index contributed by atoms with van der Waals surface area (Å²) in [7, 11) is 0. The van der Waals surface area contributed by atoms with Gasteiger partial charge in [-0.15, -0.1) is 6.58 Å². The zero-order valence-electron chi connectivity index (χ0n) is 14.7. The van der Waals surface area contributed by atoms with Crippen LogP contribution >= 0.6 is 0 Å². The third-order valence-corrected chi connectivity index (χ3v) is 5.18. The van der Waals surface area contributed by atoms with Crippen LogP contribution in [0.4, 0.5) is 4.39 Å². The maximum absolute atomic E-state index is 14.6. The largest absolute Gasteiger partial charge is 0.207 e. The molecule has 0 saturated carbocycles. The van der Waals surface area contributed by atoms with Gasteiger partial charge >= 0.3 is 0 Å². The zero-order chi connectivity index (χ0) is 16.9. The molecule has 0 heterocycles. The molecule has 0 fully saturated rings. The number of halogens is 1. The maximum Gasteiger partial charge on any atom is 0.126 e. The molecular weight excluding hydrogens is 295 g/mol. The second-order valence-electron chi connectivity index (χ2n) is 6.98. The number of fused-ring (bicyclic) bond motifs is 1. The highest BCUT2D eigenvalue weighted by Crippen LogP contribution is 2.34. The molecule has 2 aromatic carbocycles. The highest BCUT2D eigenvalue weighted by molar-refractivity contribution is 5.38. The van der Waals surface area contributed by atoms with Crippen molar-refractivity contribution in [3.63, 3.8) is 0 Å². The second kappa shape index (κ2) is 7.79. The van der Waals surface area contributed by atoms with E-state index in [1.165, 1.54) is 23.1 Å². The lowest BCUT2D eigenvalue weighted by Crippen LogP contribution is -2.14. The van der Waals surface area contributed by atoms with Crippen LogP contribution < -0.4 is 0 Å². The number of hydrogen-bond donors (Lipinski definition) is 0. The van der Waals surface area contributed by atoms with Gasteiger partial charge in [0.1, 0.15) is 5.82 Å². The molecule has 1 heteroatoms. The molecule has 126 valence electrons. The smallest absolute Gasteiger partial charge is 0.126 e. The number of rotatable bonds is 6. The summed E-state index contributed by atoms with van der Waals surface area (Å²) in [6, 6.07) is 12.7. The molecule has 2 aromatic rings. The van der Waals surface area contributed by atoms with Gasteiger partial charge in [-0.25, -0.2) is 4.39 Å². The average Bonchev–Trinajstić information content (AvgIpc) is 2.60. The Morgan fingerprint density at radius 2 is 1.88 bits per heavy atom. The van der Waals surface area contributed by atoms with Crippen molar-refractivity contribution in [2.75, 3.05) is 0 Å². The Hall–Kier alpha value is -1.89. The van der Waals surface area contributed by atoms with E-state index < -0.39 is 0 Å². The van der Waals surface area contributed by atoms with E-state index in [9.17, 15) is 4.39 Å². The van der Waals surface area contributed by atoms with Gasteiger partial charge in [0, 0.05) is 0 Å². The molecule has 0 aliphatic heterocycles. The van der Waals surface area contributed by atoms with Crippen LogP contribution in [0, 0.1) is 5.82 Å². The van der Waals surface area contributed by atoms with Crippen molar-refractivity contribution in [2.24, 2.45) is 0 Å². The lowest BCUT2D eigenvalue weighted by atomic mass is 9.79. The van der Waals surface area contributed by atoms with Crippen LogP contribution in [0.3, 0.4) is 0 Å². The van der Waals surface area contributed by atoms with Crippen molar-refractivity contribution < 1.29 is 4.39 Å². The first-order valence-electron chi connectivity index (χ1n) is 9.21. The van der Waals surface area contributed by atoms with Crippen LogP contribution in [0.1, 0.15) is 59.9 Å². The SMILES string of the molecule is C=CCCc1ccc(C2CCc3cc(CCC)ccc3C2)c(F)c1. The van der Waals surface area contributed by atoms with Crippen molar-refractivity contribution in [3.8, 4) is 0 Å². The molecule has 1 aliphatic rings. The number of allylic oxidation sites excluding steroid dienone is 1. The van der Waals surface area contributed by atoms with Gasteiger partial charge in [-0.1, -0.05) is 49.8 Å². The van der Waals surface area contributed by atoms with Crippen LogP contribution in [0.15, 0.2) is 49.1 Å². The van der Waals surface area contributed by atoms with E-state index in [4.69, 9.17) is 0 Å². The summed E-state index contributed by atoms with van der Waals surface area (Å²) in [5.41, 5.74) is 6.27. The number of benzene rings is 2. The molecule has 1 aliphatic carbocycles. The van der Waals surface area contributed by atoms with Crippen molar-refractivity contribution in [3.05, 3.63) is 82.7 Å². The number of aryl methyl sites for hydroxylation is 3. The molecule has 1 unspecified atom stereocenters. The lowest BCUT2D eigenvalue weighted by Gasteiger charge is -2.26. The van der Waals surface area contributed by atoms with E-state index in [1.54, 1.807) is 6.07 Å². The van der Waals surface area contributed by atoms with Gasteiger partial charge in [-0.2, -0.15) is 0 Å². The molecule has 0 nitrogen and oxygen atoms in total. The second-order valence-corrected chi connectivity index (χ2v) is 6.98. The molecule has 1 atom stereocenters. The van der Waals surface area contributed by atoms with E-state index in [-0.39, 0.29) is 5.82 Å². The minimum absolute atomic E-state index is 0.0346. The molecule has 0 spiro atoms. The molecule has 0 N–H and O–H groups in total. The highest BCUT2D eigenvalue weighted by atomic mass is 19.1. The topological polar surface area (TPSA) is 0 Å². The summed E-state index contributed by atoms with van der Waals surface area (Å²) < 4.78 is 14.6. The van der Waals surface area contributed by atoms with Crippen LogP contribution in [0.2, 0.25) is 0 Å². The van der Waals surface area contributed by atoms with Crippen molar-refractivity contribution in [2.45, 2.75) is 57.8 Å². The van der Waals surface area contributed by atoms with Gasteiger partial charge in [0.15, 0.2) is 0 Å². The Bertz CT molecular complexity index is 714. The van der Waals surface area contributed by atoms with E-state index in [0.717, 1.165) is 49.7 Å². The van der Waals surface area contributed by atoms with Crippen LogP contribution in [-0.4, -0.2) is 0 Å². The third kappa shape index (κ3) is 3.77. The summed E-state index contributed by atoms with van der Waals surface area (Å²) in [5.74, 6) is 0.274. The van der Waals surface area contributed by atoms with Gasteiger partial charge in [-0.3, -0.25) is 0 Å². The van der Waals surface area contributed by atoms with E-state index in [0.29, 0.717) is 5.92 Å². The van der Waals surface area contributed by atoms with Crippen molar-refractivity contribution >= 4 is 0 Å². The van der Waals surface area contributed by atoms with Gasteiger partial charge < -0.3 is 0 Å². The fourth-order valence-electron chi connectivity index (χ4n) is 3.84.